The summed E-state index contributed by atoms with van der Waals surface area (Å²) >= 11 is 0. The smallest absolute Gasteiger partial charge is 0.322 e. The van der Waals surface area contributed by atoms with E-state index in [-0.39, 0.29) is 30.3 Å². The number of aliphatic hydroxyl groups is 1. The van der Waals surface area contributed by atoms with Crippen molar-refractivity contribution in [3.63, 3.8) is 0 Å². The van der Waals surface area contributed by atoms with Crippen molar-refractivity contribution in [2.24, 2.45) is 0 Å². The van der Waals surface area contributed by atoms with Crippen LogP contribution < -0.4 is 10.2 Å². The van der Waals surface area contributed by atoms with Crippen molar-refractivity contribution < 1.29 is 14.6 Å². The van der Waals surface area contributed by atoms with Gasteiger partial charge in [0.1, 0.15) is 0 Å². The summed E-state index contributed by atoms with van der Waals surface area (Å²) < 4.78 is 5.85. The Labute approximate surface area is 161 Å². The van der Waals surface area contributed by atoms with Gasteiger partial charge in [-0.25, -0.2) is 4.79 Å². The molecule has 4 atom stereocenters. The molecule has 0 aromatic heterocycles. The van der Waals surface area contributed by atoms with E-state index in [9.17, 15) is 9.90 Å². The van der Waals surface area contributed by atoms with E-state index in [1.165, 1.54) is 0 Å². The topological polar surface area (TPSA) is 65.0 Å². The minimum atomic E-state index is -0.652. The lowest BCUT2D eigenvalue weighted by atomic mass is 9.88. The molecule has 1 aromatic rings. The lowest BCUT2D eigenvalue weighted by Gasteiger charge is -2.42. The van der Waals surface area contributed by atoms with Gasteiger partial charge in [-0.2, -0.15) is 0 Å². The molecule has 2 N–H and O–H groups in total. The SMILES string of the molecule is CC1CN(c2ccccc2NC(=O)N2C3CCC2CC(C)(O)C3)CC(C)O1. The molecule has 27 heavy (non-hydrogen) atoms. The Morgan fingerprint density at radius 2 is 1.74 bits per heavy atom. The van der Waals surface area contributed by atoms with Gasteiger partial charge in [0.2, 0.25) is 0 Å². The zero-order valence-electron chi connectivity index (χ0n) is 16.5. The second-order valence-corrected chi connectivity index (χ2v) is 8.81. The number of benzene rings is 1. The number of amides is 2. The Kier molecular flexibility index (Phi) is 4.80. The van der Waals surface area contributed by atoms with Crippen molar-refractivity contribution in [2.75, 3.05) is 23.3 Å². The third kappa shape index (κ3) is 3.78. The van der Waals surface area contributed by atoms with E-state index in [0.717, 1.165) is 37.3 Å². The molecule has 0 spiro atoms. The first-order valence-electron chi connectivity index (χ1n) is 10.1. The van der Waals surface area contributed by atoms with Gasteiger partial charge in [-0.05, 0) is 58.6 Å². The average molecular weight is 373 g/mol. The number of nitrogens with one attached hydrogen (secondary N) is 1. The molecular weight excluding hydrogens is 342 g/mol. The molecule has 3 saturated heterocycles. The summed E-state index contributed by atoms with van der Waals surface area (Å²) in [4.78, 5) is 17.4. The molecule has 3 aliphatic heterocycles. The van der Waals surface area contributed by atoms with E-state index >= 15 is 0 Å². The molecule has 6 nitrogen and oxygen atoms in total. The maximum Gasteiger partial charge on any atom is 0.322 e. The zero-order valence-corrected chi connectivity index (χ0v) is 16.5. The largest absolute Gasteiger partial charge is 0.390 e. The summed E-state index contributed by atoms with van der Waals surface area (Å²) in [5.41, 5.74) is 1.24. The number of ether oxygens (including phenoxy) is 1. The van der Waals surface area contributed by atoms with E-state index < -0.39 is 5.60 Å². The second-order valence-electron chi connectivity index (χ2n) is 8.81. The van der Waals surface area contributed by atoms with Crippen molar-refractivity contribution in [1.82, 2.24) is 4.90 Å². The Morgan fingerprint density at radius 1 is 1.15 bits per heavy atom. The van der Waals surface area contributed by atoms with Gasteiger partial charge in [0.05, 0.1) is 29.2 Å². The Bertz CT molecular complexity index is 682. The van der Waals surface area contributed by atoms with Crippen LogP contribution in [0.4, 0.5) is 16.2 Å². The number of para-hydroxylation sites is 2. The molecule has 3 heterocycles. The lowest BCUT2D eigenvalue weighted by molar-refractivity contribution is -0.0224. The molecule has 1 aromatic carbocycles. The summed E-state index contributed by atoms with van der Waals surface area (Å²) in [7, 11) is 0. The minimum Gasteiger partial charge on any atom is -0.390 e. The maximum atomic E-state index is 13.1. The predicted octanol–water partition coefficient (Wildman–Crippen LogP) is 3.21. The van der Waals surface area contributed by atoms with Gasteiger partial charge in [-0.15, -0.1) is 0 Å². The van der Waals surface area contributed by atoms with Crippen molar-refractivity contribution in [3.8, 4) is 0 Å². The normalized spacial score (nSPS) is 36.0. The number of morpholine rings is 1. The molecule has 4 unspecified atom stereocenters. The number of carbonyl (C=O) groups is 1. The third-order valence-corrected chi connectivity index (χ3v) is 6.11. The Balaban J connectivity index is 1.51. The van der Waals surface area contributed by atoms with Gasteiger partial charge >= 0.3 is 6.03 Å². The van der Waals surface area contributed by atoms with E-state index in [1.807, 2.05) is 30.0 Å². The highest BCUT2D eigenvalue weighted by Crippen LogP contribution is 2.41. The van der Waals surface area contributed by atoms with Crippen molar-refractivity contribution >= 4 is 17.4 Å². The summed E-state index contributed by atoms with van der Waals surface area (Å²) in [6.07, 6.45) is 3.62. The molecule has 4 rings (SSSR count). The van der Waals surface area contributed by atoms with Gasteiger partial charge in [-0.3, -0.25) is 0 Å². The zero-order chi connectivity index (χ0) is 19.2. The summed E-state index contributed by atoms with van der Waals surface area (Å²) in [6, 6.07) is 8.23. The van der Waals surface area contributed by atoms with Crippen LogP contribution in [-0.4, -0.2) is 59.0 Å². The number of carbonyl (C=O) groups excluding carboxylic acids is 1. The number of piperidine rings is 1. The quantitative estimate of drug-likeness (QED) is 0.835. The number of hydrogen-bond donors (Lipinski definition) is 2. The van der Waals surface area contributed by atoms with Crippen LogP contribution in [0.3, 0.4) is 0 Å². The van der Waals surface area contributed by atoms with Crippen LogP contribution in [0.2, 0.25) is 0 Å². The first-order valence-corrected chi connectivity index (χ1v) is 10.1. The standard InChI is InChI=1S/C21H31N3O3/c1-14-12-23(13-15(2)27-14)19-7-5-4-6-18(19)22-20(25)24-16-8-9-17(24)11-21(3,26)10-16/h4-7,14-17,26H,8-13H2,1-3H3,(H,22,25). The van der Waals surface area contributed by atoms with Crippen LogP contribution in [0.25, 0.3) is 0 Å². The average Bonchev–Trinajstić information content (AvgIpc) is 2.87. The summed E-state index contributed by atoms with van der Waals surface area (Å²) in [5, 5.41) is 13.6. The highest BCUT2D eigenvalue weighted by molar-refractivity contribution is 5.94. The molecule has 3 fully saturated rings. The Morgan fingerprint density at radius 3 is 2.37 bits per heavy atom. The predicted molar refractivity (Wildman–Crippen MR) is 106 cm³/mol. The Hall–Kier alpha value is -1.79. The van der Waals surface area contributed by atoms with Gasteiger partial charge in [-0.1, -0.05) is 12.1 Å². The number of nitrogens with zero attached hydrogens (tertiary/aromatic N) is 2. The van der Waals surface area contributed by atoms with Crippen LogP contribution in [0.5, 0.6) is 0 Å². The van der Waals surface area contributed by atoms with E-state index in [2.05, 4.69) is 30.1 Å². The fourth-order valence-corrected chi connectivity index (χ4v) is 5.20. The van der Waals surface area contributed by atoms with Crippen molar-refractivity contribution in [2.45, 2.75) is 76.3 Å². The summed E-state index contributed by atoms with van der Waals surface area (Å²) in [5.74, 6) is 0. The fourth-order valence-electron chi connectivity index (χ4n) is 5.20. The van der Waals surface area contributed by atoms with E-state index in [0.29, 0.717) is 12.8 Å². The van der Waals surface area contributed by atoms with E-state index in [1.54, 1.807) is 0 Å². The molecular formula is C21H31N3O3. The van der Waals surface area contributed by atoms with Gasteiger partial charge in [0.25, 0.3) is 0 Å². The first-order chi connectivity index (χ1) is 12.8. The van der Waals surface area contributed by atoms with Gasteiger partial charge in [0, 0.05) is 25.2 Å². The number of anilines is 2. The molecule has 0 saturated carbocycles. The van der Waals surface area contributed by atoms with Gasteiger partial charge in [0.15, 0.2) is 0 Å². The van der Waals surface area contributed by atoms with Crippen molar-refractivity contribution in [1.29, 1.82) is 0 Å². The van der Waals surface area contributed by atoms with Crippen molar-refractivity contribution in [3.05, 3.63) is 24.3 Å². The molecule has 0 aliphatic carbocycles. The van der Waals surface area contributed by atoms with Crippen LogP contribution in [0.1, 0.15) is 46.5 Å². The van der Waals surface area contributed by atoms with Crippen LogP contribution in [0.15, 0.2) is 24.3 Å². The second kappa shape index (κ2) is 6.99. The number of fused-ring (bicyclic) bond motifs is 2. The first kappa shape index (κ1) is 18.6. The molecule has 2 bridgehead atoms. The van der Waals surface area contributed by atoms with Gasteiger partial charge < -0.3 is 25.0 Å². The molecule has 0 radical (unpaired) electrons. The number of rotatable bonds is 2. The monoisotopic (exact) mass is 373 g/mol. The molecule has 2 amide bonds. The maximum absolute atomic E-state index is 13.1. The minimum absolute atomic E-state index is 0.0418. The number of hydrogen-bond acceptors (Lipinski definition) is 4. The summed E-state index contributed by atoms with van der Waals surface area (Å²) in [6.45, 7) is 7.69. The lowest BCUT2D eigenvalue weighted by Crippen LogP contribution is -2.53. The van der Waals surface area contributed by atoms with Crippen LogP contribution in [-0.2, 0) is 4.74 Å². The van der Waals surface area contributed by atoms with Crippen LogP contribution in [0, 0.1) is 0 Å². The number of urea groups is 1. The highest BCUT2D eigenvalue weighted by atomic mass is 16.5. The van der Waals surface area contributed by atoms with Crippen LogP contribution >= 0.6 is 0 Å². The fraction of sp³-hybridized carbons (Fsp3) is 0.667. The molecule has 3 aliphatic rings. The molecule has 6 heteroatoms. The third-order valence-electron chi connectivity index (χ3n) is 6.11. The molecule has 148 valence electrons. The van der Waals surface area contributed by atoms with E-state index in [4.69, 9.17) is 4.74 Å². The highest BCUT2D eigenvalue weighted by Gasteiger charge is 2.47.